The summed E-state index contributed by atoms with van der Waals surface area (Å²) in [5, 5.41) is 0. The summed E-state index contributed by atoms with van der Waals surface area (Å²) in [5.74, 6) is 0.590. The lowest BCUT2D eigenvalue weighted by Gasteiger charge is -2.14. The third-order valence-electron chi connectivity index (χ3n) is 3.36. The van der Waals surface area contributed by atoms with Crippen LogP contribution in [-0.4, -0.2) is 22.1 Å². The quantitative estimate of drug-likeness (QED) is 0.862. The number of hydrogen-bond donors (Lipinski definition) is 1. The monoisotopic (exact) mass is 359 g/mol. The van der Waals surface area contributed by atoms with Crippen LogP contribution in [-0.2, 0) is 22.6 Å². The van der Waals surface area contributed by atoms with Gasteiger partial charge in [0.2, 0.25) is 10.0 Å². The van der Waals surface area contributed by atoms with Crippen molar-refractivity contribution in [3.05, 3.63) is 59.7 Å². The van der Waals surface area contributed by atoms with Crippen LogP contribution in [0.5, 0.6) is 5.75 Å². The van der Waals surface area contributed by atoms with Gasteiger partial charge in [0.05, 0.1) is 17.6 Å². The zero-order valence-electron chi connectivity index (χ0n) is 12.8. The van der Waals surface area contributed by atoms with Crippen LogP contribution in [0.3, 0.4) is 0 Å². The molecule has 0 atom stereocenters. The molecule has 2 aromatic carbocycles. The second kappa shape index (κ2) is 7.23. The molecule has 0 unspecified atom stereocenters. The Morgan fingerprint density at radius 2 is 1.67 bits per heavy atom. The molecule has 2 aromatic rings. The van der Waals surface area contributed by atoms with Gasteiger partial charge in [0, 0.05) is 6.54 Å². The number of ether oxygens (including phenoxy) is 1. The van der Waals surface area contributed by atoms with Gasteiger partial charge in [-0.15, -0.1) is 0 Å². The van der Waals surface area contributed by atoms with Gasteiger partial charge in [-0.1, -0.05) is 30.3 Å². The molecule has 0 aromatic heterocycles. The maximum atomic E-state index is 13.0. The molecule has 0 spiro atoms. The van der Waals surface area contributed by atoms with Gasteiger partial charge < -0.3 is 4.74 Å². The normalized spacial score (nSPS) is 12.2. The highest BCUT2D eigenvalue weighted by Gasteiger charge is 2.36. The first-order valence-corrected chi connectivity index (χ1v) is 8.52. The van der Waals surface area contributed by atoms with E-state index in [2.05, 4.69) is 4.72 Å². The topological polar surface area (TPSA) is 55.4 Å². The fraction of sp³-hybridized carbons (Fsp3) is 0.250. The number of alkyl halides is 3. The Bertz CT molecular complexity index is 804. The van der Waals surface area contributed by atoms with Gasteiger partial charge in [-0.05, 0) is 30.2 Å². The van der Waals surface area contributed by atoms with Crippen molar-refractivity contribution in [3.8, 4) is 5.75 Å². The van der Waals surface area contributed by atoms with E-state index >= 15 is 0 Å². The molecule has 0 radical (unpaired) electrons. The maximum Gasteiger partial charge on any atom is 0.417 e. The van der Waals surface area contributed by atoms with Crippen molar-refractivity contribution in [1.29, 1.82) is 0 Å². The van der Waals surface area contributed by atoms with Crippen molar-refractivity contribution in [1.82, 2.24) is 4.72 Å². The van der Waals surface area contributed by atoms with Crippen molar-refractivity contribution in [2.45, 2.75) is 17.5 Å². The minimum absolute atomic E-state index is 0.0467. The van der Waals surface area contributed by atoms with Crippen molar-refractivity contribution >= 4 is 10.0 Å². The third-order valence-corrected chi connectivity index (χ3v) is 4.88. The average molecular weight is 359 g/mol. The van der Waals surface area contributed by atoms with Gasteiger partial charge in [-0.25, -0.2) is 13.1 Å². The number of halogens is 3. The second-order valence-corrected chi connectivity index (χ2v) is 6.69. The van der Waals surface area contributed by atoms with E-state index in [0.717, 1.165) is 23.8 Å². The van der Waals surface area contributed by atoms with Crippen LogP contribution in [0, 0.1) is 0 Å². The van der Waals surface area contributed by atoms with E-state index in [0.29, 0.717) is 5.75 Å². The molecule has 4 nitrogen and oxygen atoms in total. The van der Waals surface area contributed by atoms with Crippen molar-refractivity contribution in [3.63, 3.8) is 0 Å². The van der Waals surface area contributed by atoms with E-state index in [1.165, 1.54) is 13.2 Å². The number of rotatable bonds is 6. The lowest BCUT2D eigenvalue weighted by Crippen LogP contribution is -2.28. The summed E-state index contributed by atoms with van der Waals surface area (Å²) in [6.45, 7) is -0.0467. The fourth-order valence-corrected chi connectivity index (χ4v) is 3.50. The predicted molar refractivity (Wildman–Crippen MR) is 83.3 cm³/mol. The minimum atomic E-state index is -4.74. The molecule has 130 valence electrons. The molecule has 0 aliphatic rings. The highest BCUT2D eigenvalue weighted by molar-refractivity contribution is 7.89. The Morgan fingerprint density at radius 3 is 2.33 bits per heavy atom. The first-order valence-electron chi connectivity index (χ1n) is 7.03. The van der Waals surface area contributed by atoms with E-state index < -0.39 is 26.7 Å². The molecule has 0 saturated heterocycles. The molecule has 0 aliphatic heterocycles. The van der Waals surface area contributed by atoms with E-state index in [-0.39, 0.29) is 13.0 Å². The van der Waals surface area contributed by atoms with Crippen molar-refractivity contribution in [2.24, 2.45) is 0 Å². The molecular weight excluding hydrogens is 343 g/mol. The van der Waals surface area contributed by atoms with E-state index in [4.69, 9.17) is 4.74 Å². The second-order valence-electron chi connectivity index (χ2n) is 4.95. The lowest BCUT2D eigenvalue weighted by molar-refractivity contribution is -0.139. The summed E-state index contributed by atoms with van der Waals surface area (Å²) in [6.07, 6.45) is -4.45. The summed E-state index contributed by atoms with van der Waals surface area (Å²) >= 11 is 0. The summed E-state index contributed by atoms with van der Waals surface area (Å²) in [7, 11) is -2.79. The smallest absolute Gasteiger partial charge is 0.417 e. The zero-order valence-corrected chi connectivity index (χ0v) is 13.6. The maximum absolute atomic E-state index is 13.0. The molecule has 0 fully saturated rings. The molecule has 0 aliphatic carbocycles. The predicted octanol–water partition coefficient (Wildman–Crippen LogP) is 3.24. The number of methoxy groups -OCH3 is 1. The zero-order chi connectivity index (χ0) is 17.8. The van der Waals surface area contributed by atoms with Gasteiger partial charge in [0.15, 0.2) is 0 Å². The van der Waals surface area contributed by atoms with E-state index in [9.17, 15) is 21.6 Å². The Hall–Kier alpha value is -2.06. The van der Waals surface area contributed by atoms with Gasteiger partial charge in [-0.3, -0.25) is 0 Å². The number of benzene rings is 2. The van der Waals surface area contributed by atoms with Gasteiger partial charge in [-0.2, -0.15) is 13.2 Å². The Balaban J connectivity index is 2.16. The Kier molecular flexibility index (Phi) is 5.51. The fourth-order valence-electron chi connectivity index (χ4n) is 2.24. The number of para-hydroxylation sites is 1. The Morgan fingerprint density at radius 1 is 1.04 bits per heavy atom. The van der Waals surface area contributed by atoms with Gasteiger partial charge >= 0.3 is 6.18 Å². The van der Waals surface area contributed by atoms with Crippen molar-refractivity contribution in [2.75, 3.05) is 13.7 Å². The average Bonchev–Trinajstić information content (AvgIpc) is 2.54. The minimum Gasteiger partial charge on any atom is -0.496 e. The van der Waals surface area contributed by atoms with E-state index in [1.807, 2.05) is 0 Å². The summed E-state index contributed by atoms with van der Waals surface area (Å²) in [4.78, 5) is -0.780. The summed E-state index contributed by atoms with van der Waals surface area (Å²) < 4.78 is 70.6. The van der Waals surface area contributed by atoms with Gasteiger partial charge in [0.25, 0.3) is 0 Å². The summed E-state index contributed by atoms with van der Waals surface area (Å²) in [5.41, 5.74) is -0.429. The molecule has 24 heavy (non-hydrogen) atoms. The molecule has 0 bridgehead atoms. The molecule has 1 N–H and O–H groups in total. The molecule has 0 heterocycles. The molecule has 0 amide bonds. The van der Waals surface area contributed by atoms with Gasteiger partial charge in [0.1, 0.15) is 5.75 Å². The molecular formula is C16H16F3NO3S. The SMILES string of the molecule is COc1ccccc1CCNS(=O)(=O)c1ccccc1C(F)(F)F. The Labute approximate surface area is 138 Å². The van der Waals surface area contributed by atoms with Crippen LogP contribution in [0.2, 0.25) is 0 Å². The standard InChI is InChI=1S/C16H16F3NO3S/c1-23-14-8-4-2-6-12(14)10-11-20-24(21,22)15-9-5-3-7-13(15)16(17,18)19/h2-9,20H,10-11H2,1H3. The number of hydrogen-bond acceptors (Lipinski definition) is 3. The largest absolute Gasteiger partial charge is 0.496 e. The van der Waals surface area contributed by atoms with Crippen molar-refractivity contribution < 1.29 is 26.3 Å². The first kappa shape index (κ1) is 18.3. The van der Waals surface area contributed by atoms with Crippen LogP contribution in [0.25, 0.3) is 0 Å². The molecule has 2 rings (SSSR count). The molecule has 8 heteroatoms. The first-order chi connectivity index (χ1) is 11.3. The van der Waals surface area contributed by atoms with E-state index in [1.54, 1.807) is 24.3 Å². The highest BCUT2D eigenvalue weighted by Crippen LogP contribution is 2.33. The van der Waals surface area contributed by atoms with Crippen LogP contribution >= 0.6 is 0 Å². The highest BCUT2D eigenvalue weighted by atomic mass is 32.2. The van der Waals surface area contributed by atoms with Crippen LogP contribution < -0.4 is 9.46 Å². The van der Waals surface area contributed by atoms with Crippen LogP contribution in [0.4, 0.5) is 13.2 Å². The van der Waals surface area contributed by atoms with Crippen LogP contribution in [0.15, 0.2) is 53.4 Å². The summed E-state index contributed by atoms with van der Waals surface area (Å²) in [6, 6.07) is 11.1. The lowest BCUT2D eigenvalue weighted by atomic mass is 10.1. The molecule has 0 saturated carbocycles. The number of nitrogens with one attached hydrogen (secondary N) is 1. The third kappa shape index (κ3) is 4.27. The van der Waals surface area contributed by atoms with Crippen LogP contribution in [0.1, 0.15) is 11.1 Å². The number of sulfonamides is 1.